The SMILES string of the molecule is CCCCCCCCCCCC[N+](CCO)(CCO)CCCCCCCCCCCC.[Br-]. The zero-order valence-corrected chi connectivity index (χ0v) is 23.7. The Morgan fingerprint density at radius 2 is 0.625 bits per heavy atom. The van der Waals surface area contributed by atoms with Crippen LogP contribution in [0.5, 0.6) is 0 Å². The van der Waals surface area contributed by atoms with Gasteiger partial charge >= 0.3 is 0 Å². The van der Waals surface area contributed by atoms with Gasteiger partial charge in [-0.2, -0.15) is 0 Å². The zero-order chi connectivity index (χ0) is 22.9. The first-order chi connectivity index (χ1) is 15.2. The second-order valence-electron chi connectivity index (χ2n) is 10.0. The molecule has 0 amide bonds. The molecule has 0 radical (unpaired) electrons. The lowest BCUT2D eigenvalue weighted by Crippen LogP contribution is -3.00. The smallest absolute Gasteiger partial charge is 0.102 e. The van der Waals surface area contributed by atoms with Gasteiger partial charge in [-0.3, -0.25) is 0 Å². The number of unbranched alkanes of at least 4 members (excludes halogenated alkanes) is 18. The summed E-state index contributed by atoms with van der Waals surface area (Å²) < 4.78 is 0.932. The molecule has 0 atom stereocenters. The fourth-order valence-electron chi connectivity index (χ4n) is 4.96. The highest BCUT2D eigenvalue weighted by molar-refractivity contribution is 4.53. The molecule has 0 unspecified atom stereocenters. The molecule has 0 bridgehead atoms. The second-order valence-corrected chi connectivity index (χ2v) is 10.0. The summed E-state index contributed by atoms with van der Waals surface area (Å²) in [6, 6.07) is 0. The van der Waals surface area contributed by atoms with Gasteiger partial charge in [-0.1, -0.05) is 117 Å². The van der Waals surface area contributed by atoms with Gasteiger partial charge in [0.25, 0.3) is 0 Å². The Kier molecular flexibility index (Phi) is 29.8. The minimum absolute atomic E-state index is 0. The maximum absolute atomic E-state index is 9.65. The van der Waals surface area contributed by atoms with E-state index >= 15 is 0 Å². The molecule has 0 fully saturated rings. The first-order valence-corrected chi connectivity index (χ1v) is 14.3. The molecule has 0 rings (SSSR count). The molecule has 0 aliphatic carbocycles. The third-order valence-electron chi connectivity index (χ3n) is 7.12. The summed E-state index contributed by atoms with van der Waals surface area (Å²) in [6.45, 7) is 8.95. The molecule has 0 aromatic heterocycles. The van der Waals surface area contributed by atoms with Gasteiger partial charge in [0.1, 0.15) is 13.1 Å². The number of quaternary nitrogens is 1. The van der Waals surface area contributed by atoms with Crippen LogP contribution < -0.4 is 17.0 Å². The fraction of sp³-hybridized carbons (Fsp3) is 1.00. The van der Waals surface area contributed by atoms with Crippen molar-refractivity contribution in [3.05, 3.63) is 0 Å². The van der Waals surface area contributed by atoms with Crippen molar-refractivity contribution in [1.82, 2.24) is 0 Å². The maximum Gasteiger partial charge on any atom is 0.102 e. The van der Waals surface area contributed by atoms with Crippen LogP contribution in [0.1, 0.15) is 142 Å². The number of rotatable bonds is 26. The van der Waals surface area contributed by atoms with Crippen LogP contribution in [0, 0.1) is 0 Å². The van der Waals surface area contributed by atoms with Crippen molar-refractivity contribution in [3.8, 4) is 0 Å². The topological polar surface area (TPSA) is 40.5 Å². The van der Waals surface area contributed by atoms with Crippen molar-refractivity contribution in [1.29, 1.82) is 0 Å². The van der Waals surface area contributed by atoms with Crippen molar-refractivity contribution in [2.45, 2.75) is 142 Å². The van der Waals surface area contributed by atoms with Crippen LogP contribution in [0.2, 0.25) is 0 Å². The van der Waals surface area contributed by atoms with Gasteiger partial charge in [0.05, 0.1) is 26.3 Å². The molecule has 0 saturated heterocycles. The second kappa shape index (κ2) is 27.6. The van der Waals surface area contributed by atoms with Gasteiger partial charge in [-0.25, -0.2) is 0 Å². The van der Waals surface area contributed by atoms with Crippen LogP contribution in [0.25, 0.3) is 0 Å². The van der Waals surface area contributed by atoms with E-state index < -0.39 is 0 Å². The summed E-state index contributed by atoms with van der Waals surface area (Å²) in [5.74, 6) is 0. The zero-order valence-electron chi connectivity index (χ0n) is 22.1. The number of aliphatic hydroxyl groups is 2. The predicted octanol–water partition coefficient (Wildman–Crippen LogP) is 4.63. The highest BCUT2D eigenvalue weighted by Crippen LogP contribution is 2.17. The minimum atomic E-state index is 0. The predicted molar refractivity (Wildman–Crippen MR) is 138 cm³/mol. The Hall–Kier alpha value is 0.360. The van der Waals surface area contributed by atoms with Crippen molar-refractivity contribution < 1.29 is 31.7 Å². The summed E-state index contributed by atoms with van der Waals surface area (Å²) in [6.07, 6.45) is 27.3. The van der Waals surface area contributed by atoms with E-state index in [4.69, 9.17) is 0 Å². The van der Waals surface area contributed by atoms with Gasteiger partial charge in [-0.15, -0.1) is 0 Å². The average Bonchev–Trinajstić information content (AvgIpc) is 2.77. The van der Waals surface area contributed by atoms with Crippen LogP contribution >= 0.6 is 0 Å². The van der Waals surface area contributed by atoms with E-state index in [0.717, 1.165) is 30.7 Å². The molecule has 196 valence electrons. The molecule has 32 heavy (non-hydrogen) atoms. The Morgan fingerprint density at radius 1 is 0.375 bits per heavy atom. The van der Waals surface area contributed by atoms with Crippen molar-refractivity contribution in [2.24, 2.45) is 0 Å². The number of hydrogen-bond acceptors (Lipinski definition) is 2. The van der Waals surface area contributed by atoms with E-state index in [0.29, 0.717) is 0 Å². The van der Waals surface area contributed by atoms with Gasteiger partial charge in [0.2, 0.25) is 0 Å². The van der Waals surface area contributed by atoms with E-state index in [1.54, 1.807) is 0 Å². The molecular formula is C28H60BrNO2. The van der Waals surface area contributed by atoms with Crippen LogP contribution in [-0.2, 0) is 0 Å². The Balaban J connectivity index is 0. The van der Waals surface area contributed by atoms with Gasteiger partial charge in [0, 0.05) is 0 Å². The van der Waals surface area contributed by atoms with Crippen LogP contribution in [0.4, 0.5) is 0 Å². The lowest BCUT2D eigenvalue weighted by Gasteiger charge is -2.38. The third-order valence-corrected chi connectivity index (χ3v) is 7.12. The molecule has 4 heteroatoms. The standard InChI is InChI=1S/C28H60NO2.BrH/c1-3-5-7-9-11-13-15-17-19-21-23-29(25-27-30,26-28-31)24-22-20-18-16-14-12-10-8-6-4-2;/h30-31H,3-28H2,1-2H3;1H/q+1;/p-1. The molecule has 0 aromatic carbocycles. The van der Waals surface area contributed by atoms with E-state index in [9.17, 15) is 10.2 Å². The summed E-state index contributed by atoms with van der Waals surface area (Å²) in [4.78, 5) is 0. The van der Waals surface area contributed by atoms with Crippen LogP contribution in [-0.4, -0.2) is 54.1 Å². The summed E-state index contributed by atoms with van der Waals surface area (Å²) in [5.41, 5.74) is 0. The molecule has 0 spiro atoms. The Bertz CT molecular complexity index is 309. The number of hydrogen-bond donors (Lipinski definition) is 2. The fourth-order valence-corrected chi connectivity index (χ4v) is 4.96. The average molecular weight is 523 g/mol. The largest absolute Gasteiger partial charge is 1.00 e. The number of aliphatic hydroxyl groups excluding tert-OH is 2. The van der Waals surface area contributed by atoms with Gasteiger partial charge in [0.15, 0.2) is 0 Å². The molecule has 0 heterocycles. The monoisotopic (exact) mass is 521 g/mol. The summed E-state index contributed by atoms with van der Waals surface area (Å²) in [5, 5.41) is 19.3. The first-order valence-electron chi connectivity index (χ1n) is 14.3. The van der Waals surface area contributed by atoms with Crippen LogP contribution in [0.3, 0.4) is 0 Å². The minimum Gasteiger partial charge on any atom is -1.00 e. The number of halogens is 1. The normalized spacial score (nSPS) is 11.6. The quantitative estimate of drug-likeness (QED) is 0.128. The molecule has 0 aromatic rings. The van der Waals surface area contributed by atoms with Crippen molar-refractivity contribution >= 4 is 0 Å². The van der Waals surface area contributed by atoms with E-state index in [1.165, 1.54) is 128 Å². The van der Waals surface area contributed by atoms with Crippen LogP contribution in [0.15, 0.2) is 0 Å². The lowest BCUT2D eigenvalue weighted by atomic mass is 10.1. The highest BCUT2D eigenvalue weighted by atomic mass is 79.9. The Morgan fingerprint density at radius 3 is 0.875 bits per heavy atom. The van der Waals surface area contributed by atoms with Crippen molar-refractivity contribution in [3.63, 3.8) is 0 Å². The van der Waals surface area contributed by atoms with E-state index in [2.05, 4.69) is 13.8 Å². The van der Waals surface area contributed by atoms with Crippen molar-refractivity contribution in [2.75, 3.05) is 39.4 Å². The third kappa shape index (κ3) is 22.2. The summed E-state index contributed by atoms with van der Waals surface area (Å²) in [7, 11) is 0. The molecule has 2 N–H and O–H groups in total. The molecular weight excluding hydrogens is 462 g/mol. The van der Waals surface area contributed by atoms with Gasteiger partial charge < -0.3 is 31.7 Å². The Labute approximate surface area is 213 Å². The molecule has 0 aliphatic heterocycles. The summed E-state index contributed by atoms with van der Waals surface area (Å²) >= 11 is 0. The maximum atomic E-state index is 9.65. The molecule has 0 aliphatic rings. The van der Waals surface area contributed by atoms with E-state index in [-0.39, 0.29) is 30.2 Å². The first kappa shape index (κ1) is 34.5. The molecule has 3 nitrogen and oxygen atoms in total. The molecule has 0 saturated carbocycles. The van der Waals surface area contributed by atoms with Gasteiger partial charge in [-0.05, 0) is 25.7 Å². The highest BCUT2D eigenvalue weighted by Gasteiger charge is 2.25. The lowest BCUT2D eigenvalue weighted by molar-refractivity contribution is -0.929. The number of nitrogens with zero attached hydrogens (tertiary/aromatic N) is 1. The van der Waals surface area contributed by atoms with E-state index in [1.807, 2.05) is 0 Å².